The van der Waals surface area contributed by atoms with E-state index in [9.17, 15) is 19.5 Å². The van der Waals surface area contributed by atoms with Crippen LogP contribution in [-0.4, -0.2) is 48.1 Å². The van der Waals surface area contributed by atoms with Crippen molar-refractivity contribution in [2.75, 3.05) is 19.1 Å². The van der Waals surface area contributed by atoms with Gasteiger partial charge in [0.15, 0.2) is 0 Å². The van der Waals surface area contributed by atoms with Gasteiger partial charge in [0.25, 0.3) is 11.7 Å². The van der Waals surface area contributed by atoms with E-state index in [4.69, 9.17) is 14.2 Å². The van der Waals surface area contributed by atoms with Crippen molar-refractivity contribution in [3.63, 3.8) is 0 Å². The summed E-state index contributed by atoms with van der Waals surface area (Å²) < 4.78 is 16.1. The number of esters is 1. The predicted molar refractivity (Wildman–Crippen MR) is 136 cm³/mol. The van der Waals surface area contributed by atoms with Crippen molar-refractivity contribution in [3.05, 3.63) is 89.3 Å². The minimum atomic E-state index is -1.02. The normalized spacial score (nSPS) is 16.7. The molecule has 37 heavy (non-hydrogen) atoms. The number of anilines is 1. The summed E-state index contributed by atoms with van der Waals surface area (Å²) in [6.07, 6.45) is 2.71. The first-order chi connectivity index (χ1) is 17.8. The maximum atomic E-state index is 13.5. The lowest BCUT2D eigenvalue weighted by atomic mass is 9.95. The SMILES string of the molecule is COc1cccc(OC)c1/C(O)=C1\C(=O)C(=O)N(c2cccc(C(=O)OC(C)C)c2)C1c1ccncc1. The molecular formula is C28H26N2O7. The van der Waals surface area contributed by atoms with Gasteiger partial charge in [-0.15, -0.1) is 0 Å². The van der Waals surface area contributed by atoms with E-state index in [1.54, 1.807) is 62.4 Å². The molecule has 2 aromatic carbocycles. The van der Waals surface area contributed by atoms with Crippen LogP contribution in [0.2, 0.25) is 0 Å². The van der Waals surface area contributed by atoms with Gasteiger partial charge in [-0.3, -0.25) is 19.5 Å². The maximum Gasteiger partial charge on any atom is 0.338 e. The summed E-state index contributed by atoms with van der Waals surface area (Å²) in [5.74, 6) is -2.26. The number of benzene rings is 2. The van der Waals surface area contributed by atoms with Crippen LogP contribution in [0.1, 0.15) is 41.4 Å². The lowest BCUT2D eigenvalue weighted by Crippen LogP contribution is -2.29. The highest BCUT2D eigenvalue weighted by Gasteiger charge is 2.47. The molecule has 0 bridgehead atoms. The van der Waals surface area contributed by atoms with Gasteiger partial charge < -0.3 is 19.3 Å². The second-order valence-electron chi connectivity index (χ2n) is 8.49. The van der Waals surface area contributed by atoms with Gasteiger partial charge >= 0.3 is 5.97 Å². The third kappa shape index (κ3) is 4.75. The Morgan fingerprint density at radius 3 is 2.19 bits per heavy atom. The third-order valence-corrected chi connectivity index (χ3v) is 5.83. The molecule has 1 saturated heterocycles. The highest BCUT2D eigenvalue weighted by Crippen LogP contribution is 2.45. The summed E-state index contributed by atoms with van der Waals surface area (Å²) in [5.41, 5.74) is 1.01. The molecule has 1 atom stereocenters. The number of hydrogen-bond acceptors (Lipinski definition) is 8. The molecule has 1 aliphatic heterocycles. The Morgan fingerprint density at radius 1 is 0.973 bits per heavy atom. The molecule has 9 heteroatoms. The number of nitrogens with zero attached hydrogens (tertiary/aromatic N) is 2. The van der Waals surface area contributed by atoms with Gasteiger partial charge in [0.2, 0.25) is 0 Å². The van der Waals surface area contributed by atoms with Crippen molar-refractivity contribution in [3.8, 4) is 11.5 Å². The first-order valence-corrected chi connectivity index (χ1v) is 11.5. The Morgan fingerprint density at radius 2 is 1.59 bits per heavy atom. The highest BCUT2D eigenvalue weighted by molar-refractivity contribution is 6.51. The second-order valence-corrected chi connectivity index (χ2v) is 8.49. The lowest BCUT2D eigenvalue weighted by molar-refractivity contribution is -0.132. The van der Waals surface area contributed by atoms with E-state index < -0.39 is 29.5 Å². The van der Waals surface area contributed by atoms with Crippen LogP contribution >= 0.6 is 0 Å². The fourth-order valence-electron chi connectivity index (χ4n) is 4.24. The maximum absolute atomic E-state index is 13.5. The molecule has 2 heterocycles. The largest absolute Gasteiger partial charge is 0.506 e. The van der Waals surface area contributed by atoms with Gasteiger partial charge in [-0.05, 0) is 61.9 Å². The topological polar surface area (TPSA) is 115 Å². The Bertz CT molecular complexity index is 1360. The third-order valence-electron chi connectivity index (χ3n) is 5.83. The first-order valence-electron chi connectivity index (χ1n) is 11.5. The summed E-state index contributed by atoms with van der Waals surface area (Å²) >= 11 is 0. The van der Waals surface area contributed by atoms with E-state index in [0.717, 1.165) is 0 Å². The average molecular weight is 503 g/mol. The molecule has 4 rings (SSSR count). The number of carbonyl (C=O) groups excluding carboxylic acids is 3. The molecule has 1 aliphatic rings. The number of ether oxygens (including phenoxy) is 3. The number of hydrogen-bond donors (Lipinski definition) is 1. The van der Waals surface area contributed by atoms with Crippen molar-refractivity contribution < 1.29 is 33.7 Å². The van der Waals surface area contributed by atoms with E-state index >= 15 is 0 Å². The van der Waals surface area contributed by atoms with Crippen LogP contribution in [0.5, 0.6) is 11.5 Å². The summed E-state index contributed by atoms with van der Waals surface area (Å²) in [4.78, 5) is 44.7. The van der Waals surface area contributed by atoms with E-state index in [0.29, 0.717) is 5.56 Å². The number of aliphatic hydroxyl groups excluding tert-OH is 1. The standard InChI is InChI=1S/C28H26N2O7/c1-16(2)37-28(34)18-7-5-8-19(15-18)30-24(17-11-13-29-14-12-17)23(26(32)27(30)33)25(31)22-20(35-3)9-6-10-21(22)36-4/h5-16,24,31H,1-4H3/b25-23+. The van der Waals surface area contributed by atoms with Gasteiger partial charge in [-0.1, -0.05) is 12.1 Å². The summed E-state index contributed by atoms with van der Waals surface area (Å²) in [6.45, 7) is 3.46. The number of methoxy groups -OCH3 is 2. The van der Waals surface area contributed by atoms with Gasteiger partial charge in [-0.25, -0.2) is 4.79 Å². The molecule has 9 nitrogen and oxygen atoms in total. The molecule has 0 spiro atoms. The van der Waals surface area contributed by atoms with Crippen molar-refractivity contribution in [2.45, 2.75) is 26.0 Å². The lowest BCUT2D eigenvalue weighted by Gasteiger charge is -2.26. The fourth-order valence-corrected chi connectivity index (χ4v) is 4.24. The van der Waals surface area contributed by atoms with Crippen LogP contribution in [0.3, 0.4) is 0 Å². The van der Waals surface area contributed by atoms with Crippen molar-refractivity contribution in [1.29, 1.82) is 0 Å². The minimum Gasteiger partial charge on any atom is -0.506 e. The van der Waals surface area contributed by atoms with Crippen LogP contribution in [0.4, 0.5) is 5.69 Å². The van der Waals surface area contributed by atoms with Crippen molar-refractivity contribution in [1.82, 2.24) is 4.98 Å². The van der Waals surface area contributed by atoms with E-state index in [2.05, 4.69) is 4.98 Å². The number of amides is 1. The predicted octanol–water partition coefficient (Wildman–Crippen LogP) is 4.29. The molecule has 0 radical (unpaired) electrons. The number of aliphatic hydroxyl groups is 1. The van der Waals surface area contributed by atoms with Crippen LogP contribution in [0.25, 0.3) is 5.76 Å². The summed E-state index contributed by atoms with van der Waals surface area (Å²) in [5, 5.41) is 11.5. The molecule has 0 aliphatic carbocycles. The van der Waals surface area contributed by atoms with E-state index in [1.165, 1.54) is 37.6 Å². The van der Waals surface area contributed by atoms with E-state index in [1.807, 2.05) is 0 Å². The van der Waals surface area contributed by atoms with Gasteiger partial charge in [0.05, 0.1) is 37.5 Å². The van der Waals surface area contributed by atoms with Gasteiger partial charge in [-0.2, -0.15) is 0 Å². The monoisotopic (exact) mass is 502 g/mol. The van der Waals surface area contributed by atoms with E-state index in [-0.39, 0.29) is 40.0 Å². The number of ketones is 1. The number of aromatic nitrogens is 1. The number of rotatable bonds is 7. The van der Waals surface area contributed by atoms with Crippen LogP contribution in [-0.2, 0) is 14.3 Å². The molecule has 0 saturated carbocycles. The van der Waals surface area contributed by atoms with Gasteiger partial charge in [0.1, 0.15) is 22.8 Å². The zero-order chi connectivity index (χ0) is 26.7. The number of carbonyl (C=O) groups is 3. The summed E-state index contributed by atoms with van der Waals surface area (Å²) in [7, 11) is 2.85. The smallest absolute Gasteiger partial charge is 0.338 e. The molecule has 190 valence electrons. The fraction of sp³-hybridized carbons (Fsp3) is 0.214. The Balaban J connectivity index is 1.94. The quantitative estimate of drug-likeness (QED) is 0.220. The van der Waals surface area contributed by atoms with Crippen molar-refractivity contribution in [2.24, 2.45) is 0 Å². The zero-order valence-corrected chi connectivity index (χ0v) is 20.8. The first kappa shape index (κ1) is 25.4. The minimum absolute atomic E-state index is 0.138. The van der Waals surface area contributed by atoms with Crippen LogP contribution < -0.4 is 14.4 Å². The number of pyridine rings is 1. The second kappa shape index (κ2) is 10.5. The average Bonchev–Trinajstić information content (AvgIpc) is 3.18. The van der Waals surface area contributed by atoms with Gasteiger partial charge in [0, 0.05) is 18.1 Å². The molecule has 1 aromatic heterocycles. The molecular weight excluding hydrogens is 476 g/mol. The Kier molecular flexibility index (Phi) is 7.24. The molecule has 1 fully saturated rings. The molecule has 1 N–H and O–H groups in total. The Labute approximate surface area is 213 Å². The highest BCUT2D eigenvalue weighted by atomic mass is 16.5. The van der Waals surface area contributed by atoms with Crippen LogP contribution in [0.15, 0.2) is 72.6 Å². The summed E-state index contributed by atoms with van der Waals surface area (Å²) in [6, 6.07) is 13.4. The Hall–Kier alpha value is -4.66. The van der Waals surface area contributed by atoms with Crippen LogP contribution in [0, 0.1) is 0 Å². The zero-order valence-electron chi connectivity index (χ0n) is 20.8. The molecule has 1 unspecified atom stereocenters. The number of Topliss-reactive ketones (excluding diaryl/α,β-unsaturated/α-hetero) is 1. The molecule has 1 amide bonds. The molecule has 3 aromatic rings. The van der Waals surface area contributed by atoms with Crippen molar-refractivity contribution >= 4 is 29.1 Å².